The van der Waals surface area contributed by atoms with Crippen LogP contribution in [0.5, 0.6) is 0 Å². The summed E-state index contributed by atoms with van der Waals surface area (Å²) in [6.45, 7) is 5.20. The van der Waals surface area contributed by atoms with Gasteiger partial charge in [-0.3, -0.25) is 9.59 Å². The zero-order chi connectivity index (χ0) is 18.5. The van der Waals surface area contributed by atoms with E-state index in [0.29, 0.717) is 25.4 Å². The molecule has 1 unspecified atom stereocenters. The van der Waals surface area contributed by atoms with E-state index in [1.807, 2.05) is 44.2 Å². The molecule has 1 fully saturated rings. The smallest absolute Gasteiger partial charge is 0.227 e. The SMILES string of the molecule is Cc1nc(CNC(=O)C2CCCN(C(=O)Cc3ccccc3)C2)oc1C. The molecule has 0 aliphatic carbocycles. The first kappa shape index (κ1) is 18.2. The topological polar surface area (TPSA) is 75.4 Å². The van der Waals surface area contributed by atoms with Gasteiger partial charge in [-0.15, -0.1) is 0 Å². The van der Waals surface area contributed by atoms with Crippen LogP contribution in [0.3, 0.4) is 0 Å². The first-order valence-corrected chi connectivity index (χ1v) is 9.05. The largest absolute Gasteiger partial charge is 0.444 e. The number of carbonyl (C=O) groups is 2. The fourth-order valence-corrected chi connectivity index (χ4v) is 3.22. The maximum Gasteiger partial charge on any atom is 0.227 e. The average Bonchev–Trinajstić information content (AvgIpc) is 2.98. The van der Waals surface area contributed by atoms with Gasteiger partial charge in [-0.05, 0) is 32.3 Å². The Labute approximate surface area is 153 Å². The summed E-state index contributed by atoms with van der Waals surface area (Å²) in [6.07, 6.45) is 2.02. The Morgan fingerprint density at radius 2 is 2.04 bits per heavy atom. The number of nitrogens with zero attached hydrogens (tertiary/aromatic N) is 2. The van der Waals surface area contributed by atoms with Crippen molar-refractivity contribution in [3.63, 3.8) is 0 Å². The molecule has 2 heterocycles. The van der Waals surface area contributed by atoms with Gasteiger partial charge in [-0.1, -0.05) is 30.3 Å². The summed E-state index contributed by atoms with van der Waals surface area (Å²) in [4.78, 5) is 31.1. The molecule has 138 valence electrons. The summed E-state index contributed by atoms with van der Waals surface area (Å²) in [5, 5.41) is 2.89. The number of rotatable bonds is 5. The number of piperidine rings is 1. The molecule has 2 amide bonds. The van der Waals surface area contributed by atoms with Crippen molar-refractivity contribution in [2.24, 2.45) is 5.92 Å². The number of oxazole rings is 1. The minimum atomic E-state index is -0.180. The Morgan fingerprint density at radius 1 is 1.27 bits per heavy atom. The molecule has 1 aliphatic heterocycles. The van der Waals surface area contributed by atoms with E-state index in [0.717, 1.165) is 29.9 Å². The van der Waals surface area contributed by atoms with E-state index in [-0.39, 0.29) is 24.3 Å². The van der Waals surface area contributed by atoms with Gasteiger partial charge < -0.3 is 14.6 Å². The third kappa shape index (κ3) is 4.50. The second-order valence-corrected chi connectivity index (χ2v) is 6.81. The number of hydrogen-bond acceptors (Lipinski definition) is 4. The van der Waals surface area contributed by atoms with Crippen LogP contribution in [0.25, 0.3) is 0 Å². The first-order valence-electron chi connectivity index (χ1n) is 9.05. The molecule has 6 heteroatoms. The number of carbonyl (C=O) groups excluding carboxylic acids is 2. The standard InChI is InChI=1S/C20H25N3O3/c1-14-15(2)26-18(22-14)12-21-20(25)17-9-6-10-23(13-17)19(24)11-16-7-4-3-5-8-16/h3-5,7-8,17H,6,9-13H2,1-2H3,(H,21,25). The van der Waals surface area contributed by atoms with E-state index in [2.05, 4.69) is 10.3 Å². The van der Waals surface area contributed by atoms with Crippen molar-refractivity contribution in [2.45, 2.75) is 39.7 Å². The van der Waals surface area contributed by atoms with Crippen molar-refractivity contribution in [2.75, 3.05) is 13.1 Å². The van der Waals surface area contributed by atoms with Crippen molar-refractivity contribution in [1.29, 1.82) is 0 Å². The number of aromatic nitrogens is 1. The lowest BCUT2D eigenvalue weighted by molar-refractivity contribution is -0.135. The third-order valence-electron chi connectivity index (χ3n) is 4.83. The van der Waals surface area contributed by atoms with Crippen LogP contribution in [-0.2, 0) is 22.6 Å². The van der Waals surface area contributed by atoms with E-state index in [1.165, 1.54) is 0 Å². The van der Waals surface area contributed by atoms with Crippen molar-refractivity contribution >= 4 is 11.8 Å². The minimum absolute atomic E-state index is 0.0456. The number of aryl methyl sites for hydroxylation is 2. The molecule has 6 nitrogen and oxygen atoms in total. The van der Waals surface area contributed by atoms with Gasteiger partial charge in [0.25, 0.3) is 0 Å². The van der Waals surface area contributed by atoms with Crippen LogP contribution < -0.4 is 5.32 Å². The molecule has 2 aromatic rings. The third-order valence-corrected chi connectivity index (χ3v) is 4.83. The predicted octanol–water partition coefficient (Wildman–Crippen LogP) is 2.39. The second kappa shape index (κ2) is 8.17. The van der Waals surface area contributed by atoms with Gasteiger partial charge in [-0.25, -0.2) is 4.98 Å². The zero-order valence-electron chi connectivity index (χ0n) is 15.3. The van der Waals surface area contributed by atoms with Gasteiger partial charge in [0, 0.05) is 13.1 Å². The normalized spacial score (nSPS) is 17.2. The fraction of sp³-hybridized carbons (Fsp3) is 0.450. The Morgan fingerprint density at radius 3 is 2.73 bits per heavy atom. The Kier molecular flexibility index (Phi) is 5.71. The Hall–Kier alpha value is -2.63. The molecule has 3 rings (SSSR count). The monoisotopic (exact) mass is 355 g/mol. The molecule has 1 N–H and O–H groups in total. The van der Waals surface area contributed by atoms with Crippen molar-refractivity contribution in [3.05, 3.63) is 53.2 Å². The van der Waals surface area contributed by atoms with Gasteiger partial charge in [0.2, 0.25) is 17.7 Å². The molecule has 1 aromatic heterocycles. The lowest BCUT2D eigenvalue weighted by Crippen LogP contribution is -2.45. The van der Waals surface area contributed by atoms with Crippen LogP contribution >= 0.6 is 0 Å². The number of hydrogen-bond donors (Lipinski definition) is 1. The maximum absolute atomic E-state index is 12.5. The van der Waals surface area contributed by atoms with Crippen LogP contribution in [-0.4, -0.2) is 34.8 Å². The highest BCUT2D eigenvalue weighted by Gasteiger charge is 2.28. The molecule has 1 atom stereocenters. The van der Waals surface area contributed by atoms with Gasteiger partial charge in [0.1, 0.15) is 5.76 Å². The molecule has 1 saturated heterocycles. The van der Waals surface area contributed by atoms with Crippen molar-refractivity contribution < 1.29 is 14.0 Å². The quantitative estimate of drug-likeness (QED) is 0.893. The predicted molar refractivity (Wildman–Crippen MR) is 97.3 cm³/mol. The minimum Gasteiger partial charge on any atom is -0.444 e. The fourth-order valence-electron chi connectivity index (χ4n) is 3.22. The summed E-state index contributed by atoms with van der Waals surface area (Å²) in [5.41, 5.74) is 1.84. The summed E-state index contributed by atoms with van der Waals surface area (Å²) in [7, 11) is 0. The van der Waals surface area contributed by atoms with E-state index in [9.17, 15) is 9.59 Å². The highest BCUT2D eigenvalue weighted by atomic mass is 16.4. The lowest BCUT2D eigenvalue weighted by Gasteiger charge is -2.32. The second-order valence-electron chi connectivity index (χ2n) is 6.81. The number of nitrogens with one attached hydrogen (secondary N) is 1. The van der Waals surface area contributed by atoms with E-state index < -0.39 is 0 Å². The van der Waals surface area contributed by atoms with Gasteiger partial charge in [-0.2, -0.15) is 0 Å². The number of likely N-dealkylation sites (tertiary alicyclic amines) is 1. The summed E-state index contributed by atoms with van der Waals surface area (Å²) in [6, 6.07) is 9.70. The van der Waals surface area contributed by atoms with Crippen molar-refractivity contribution in [3.8, 4) is 0 Å². The van der Waals surface area contributed by atoms with Gasteiger partial charge >= 0.3 is 0 Å². The van der Waals surface area contributed by atoms with Crippen LogP contribution in [0.2, 0.25) is 0 Å². The van der Waals surface area contributed by atoms with Crippen LogP contribution in [0.15, 0.2) is 34.7 Å². The van der Waals surface area contributed by atoms with Gasteiger partial charge in [0.05, 0.1) is 24.6 Å². The first-order chi connectivity index (χ1) is 12.5. The van der Waals surface area contributed by atoms with Crippen LogP contribution in [0.1, 0.15) is 35.7 Å². The molecule has 0 saturated carbocycles. The highest BCUT2D eigenvalue weighted by molar-refractivity contribution is 5.82. The van der Waals surface area contributed by atoms with E-state index in [1.54, 1.807) is 4.90 Å². The molecule has 0 spiro atoms. The molecule has 1 aliphatic rings. The molecule has 1 aromatic carbocycles. The van der Waals surface area contributed by atoms with Crippen LogP contribution in [0, 0.1) is 19.8 Å². The molecule has 26 heavy (non-hydrogen) atoms. The van der Waals surface area contributed by atoms with E-state index in [4.69, 9.17) is 4.42 Å². The average molecular weight is 355 g/mol. The highest BCUT2D eigenvalue weighted by Crippen LogP contribution is 2.18. The van der Waals surface area contributed by atoms with Gasteiger partial charge in [0.15, 0.2) is 0 Å². The summed E-state index contributed by atoms with van der Waals surface area (Å²) < 4.78 is 5.49. The molecule has 0 radical (unpaired) electrons. The number of benzene rings is 1. The van der Waals surface area contributed by atoms with Crippen LogP contribution in [0.4, 0.5) is 0 Å². The molecule has 0 bridgehead atoms. The summed E-state index contributed by atoms with van der Waals surface area (Å²) in [5.74, 6) is 1.13. The maximum atomic E-state index is 12.5. The summed E-state index contributed by atoms with van der Waals surface area (Å²) >= 11 is 0. The molecular weight excluding hydrogens is 330 g/mol. The Balaban J connectivity index is 1.52. The number of amides is 2. The zero-order valence-corrected chi connectivity index (χ0v) is 15.3. The Bertz CT molecular complexity index is 750. The van der Waals surface area contributed by atoms with E-state index >= 15 is 0 Å². The lowest BCUT2D eigenvalue weighted by atomic mass is 9.96. The molecular formula is C20H25N3O3. The van der Waals surface area contributed by atoms with Crippen molar-refractivity contribution in [1.82, 2.24) is 15.2 Å².